The predicted octanol–water partition coefficient (Wildman–Crippen LogP) is 4.43. The molecule has 0 saturated carbocycles. The number of rotatable bonds is 9. The Labute approximate surface area is 204 Å². The summed E-state index contributed by atoms with van der Waals surface area (Å²) in [4.78, 5) is 31.8. The number of para-hydroxylation sites is 1. The van der Waals surface area contributed by atoms with Gasteiger partial charge < -0.3 is 19.2 Å². The maximum absolute atomic E-state index is 13.1. The first kappa shape index (κ1) is 22.9. The molecule has 0 saturated heterocycles. The maximum atomic E-state index is 13.1. The first-order valence-electron chi connectivity index (χ1n) is 12.1. The Morgan fingerprint density at radius 2 is 1.69 bits per heavy atom. The van der Waals surface area contributed by atoms with E-state index in [0.29, 0.717) is 11.1 Å². The second-order valence-corrected chi connectivity index (χ2v) is 8.78. The van der Waals surface area contributed by atoms with Crippen molar-refractivity contribution in [3.8, 4) is 5.75 Å². The Hall–Kier alpha value is -3.84. The Morgan fingerprint density at radius 3 is 2.43 bits per heavy atom. The number of benzene rings is 2. The van der Waals surface area contributed by atoms with Gasteiger partial charge >= 0.3 is 0 Å². The Balaban J connectivity index is 1.66. The molecule has 2 amide bonds. The van der Waals surface area contributed by atoms with Gasteiger partial charge in [-0.2, -0.15) is 0 Å². The van der Waals surface area contributed by atoms with Gasteiger partial charge in [-0.1, -0.05) is 32.0 Å². The smallest absolute Gasteiger partial charge is 0.259 e. The number of aromatic amines is 1. The maximum Gasteiger partial charge on any atom is 0.259 e. The first-order chi connectivity index (χ1) is 17.0. The molecule has 2 N–H and O–H groups in total. The van der Waals surface area contributed by atoms with Crippen LogP contribution in [0, 0.1) is 0 Å². The van der Waals surface area contributed by atoms with E-state index in [1.807, 2.05) is 54.9 Å². The lowest BCUT2D eigenvalue weighted by atomic mass is 9.95. The van der Waals surface area contributed by atoms with Crippen LogP contribution in [0.3, 0.4) is 0 Å². The van der Waals surface area contributed by atoms with Crippen molar-refractivity contribution in [1.29, 1.82) is 0 Å². The normalized spacial score (nSPS) is 14.1. The van der Waals surface area contributed by atoms with Gasteiger partial charge in [-0.3, -0.25) is 14.9 Å². The van der Waals surface area contributed by atoms with E-state index < -0.39 is 0 Å². The zero-order valence-electron chi connectivity index (χ0n) is 20.4. The zero-order valence-corrected chi connectivity index (χ0v) is 20.4. The third-order valence-corrected chi connectivity index (χ3v) is 6.92. The molecule has 35 heavy (non-hydrogen) atoms. The average Bonchev–Trinajstić information content (AvgIpc) is 3.54. The van der Waals surface area contributed by atoms with Crippen molar-refractivity contribution in [2.75, 3.05) is 26.7 Å². The van der Waals surface area contributed by atoms with E-state index in [-0.39, 0.29) is 11.8 Å². The van der Waals surface area contributed by atoms with Gasteiger partial charge in [0.2, 0.25) is 0 Å². The van der Waals surface area contributed by atoms with Crippen LogP contribution in [0.2, 0.25) is 0 Å². The molecule has 0 fully saturated rings. The molecule has 0 unspecified atom stereocenters. The van der Waals surface area contributed by atoms with Gasteiger partial charge in [-0.25, -0.2) is 0 Å². The number of nitrogens with zero attached hydrogens (tertiary/aromatic N) is 2. The predicted molar refractivity (Wildman–Crippen MR) is 139 cm³/mol. The van der Waals surface area contributed by atoms with Crippen LogP contribution >= 0.6 is 0 Å². The first-order valence-corrected chi connectivity index (χ1v) is 12.1. The number of aromatic nitrogens is 2. The molecule has 3 heterocycles. The number of carbonyl (C=O) groups is 2. The summed E-state index contributed by atoms with van der Waals surface area (Å²) < 4.78 is 7.66. The van der Waals surface area contributed by atoms with Crippen LogP contribution in [0.5, 0.6) is 5.75 Å². The second kappa shape index (κ2) is 9.43. The molecular weight excluding hydrogens is 440 g/mol. The Kier molecular flexibility index (Phi) is 6.17. The van der Waals surface area contributed by atoms with Crippen LogP contribution < -0.4 is 10.1 Å². The van der Waals surface area contributed by atoms with Gasteiger partial charge in [-0.15, -0.1) is 0 Å². The van der Waals surface area contributed by atoms with E-state index >= 15 is 0 Å². The van der Waals surface area contributed by atoms with E-state index in [1.54, 1.807) is 7.11 Å². The van der Waals surface area contributed by atoms with Crippen molar-refractivity contribution in [1.82, 2.24) is 19.8 Å². The van der Waals surface area contributed by atoms with Crippen LogP contribution in [0.4, 0.5) is 0 Å². The van der Waals surface area contributed by atoms with E-state index in [1.165, 1.54) is 0 Å². The minimum absolute atomic E-state index is 0.367. The summed E-state index contributed by atoms with van der Waals surface area (Å²) in [6, 6.07) is 13.7. The number of carbonyl (C=O) groups excluding carboxylic acids is 2. The van der Waals surface area contributed by atoms with Gasteiger partial charge in [-0.05, 0) is 44.3 Å². The summed E-state index contributed by atoms with van der Waals surface area (Å²) in [5.41, 5.74) is 4.22. The van der Waals surface area contributed by atoms with E-state index in [2.05, 4.69) is 33.6 Å². The molecule has 5 rings (SSSR count). The number of imide groups is 1. The fraction of sp³-hybridized carbons (Fsp3) is 0.286. The van der Waals surface area contributed by atoms with Crippen LogP contribution in [0.25, 0.3) is 33.0 Å². The van der Waals surface area contributed by atoms with Crippen molar-refractivity contribution in [2.24, 2.45) is 0 Å². The molecule has 0 spiro atoms. The van der Waals surface area contributed by atoms with Crippen molar-refractivity contribution in [2.45, 2.75) is 26.8 Å². The molecule has 1 aliphatic heterocycles. The second-order valence-electron chi connectivity index (χ2n) is 8.78. The van der Waals surface area contributed by atoms with Gasteiger partial charge in [0.25, 0.3) is 11.8 Å². The van der Waals surface area contributed by atoms with E-state index in [0.717, 1.165) is 71.3 Å². The topological polar surface area (TPSA) is 79.4 Å². The number of nitrogens with one attached hydrogen (secondary N) is 2. The lowest BCUT2D eigenvalue weighted by Crippen LogP contribution is -2.24. The number of amides is 2. The van der Waals surface area contributed by atoms with Crippen LogP contribution in [-0.4, -0.2) is 53.0 Å². The fourth-order valence-corrected chi connectivity index (χ4v) is 5.03. The third-order valence-electron chi connectivity index (χ3n) is 6.92. The highest BCUT2D eigenvalue weighted by molar-refractivity contribution is 6.50. The summed E-state index contributed by atoms with van der Waals surface area (Å²) >= 11 is 0. The molecule has 0 radical (unpaired) electrons. The van der Waals surface area contributed by atoms with Gasteiger partial charge in [0, 0.05) is 52.4 Å². The highest BCUT2D eigenvalue weighted by Gasteiger charge is 2.35. The van der Waals surface area contributed by atoms with Gasteiger partial charge in [0.1, 0.15) is 5.75 Å². The number of aryl methyl sites for hydroxylation is 1. The molecule has 2 aromatic heterocycles. The minimum Gasteiger partial charge on any atom is -0.497 e. The number of hydrogen-bond donors (Lipinski definition) is 2. The number of hydrogen-bond acceptors (Lipinski definition) is 4. The number of fused-ring (bicyclic) bond motifs is 2. The Bertz CT molecular complexity index is 1460. The molecule has 7 heteroatoms. The highest BCUT2D eigenvalue weighted by Crippen LogP contribution is 2.39. The van der Waals surface area contributed by atoms with Crippen LogP contribution in [0.1, 0.15) is 31.4 Å². The molecule has 1 aliphatic rings. The quantitative estimate of drug-likeness (QED) is 0.355. The summed E-state index contributed by atoms with van der Waals surface area (Å²) in [5, 5.41) is 4.37. The third kappa shape index (κ3) is 4.02. The molecule has 0 aliphatic carbocycles. The van der Waals surface area contributed by atoms with Crippen LogP contribution in [0.15, 0.2) is 54.9 Å². The zero-order chi connectivity index (χ0) is 24.5. The van der Waals surface area contributed by atoms with Crippen LogP contribution in [-0.2, 0) is 16.1 Å². The lowest BCUT2D eigenvalue weighted by Gasteiger charge is -2.18. The molecule has 0 atom stereocenters. The highest BCUT2D eigenvalue weighted by atomic mass is 16.5. The number of H-pyrrole nitrogens is 1. The van der Waals surface area contributed by atoms with E-state index in [9.17, 15) is 9.59 Å². The summed E-state index contributed by atoms with van der Waals surface area (Å²) in [5.74, 6) is 0.0175. The summed E-state index contributed by atoms with van der Waals surface area (Å²) in [6.45, 7) is 8.17. The van der Waals surface area contributed by atoms with Crippen molar-refractivity contribution < 1.29 is 14.3 Å². The number of ether oxygens (including phenoxy) is 1. The SMILES string of the molecule is CCN(CC)CCCn1cc(C2=C(c3c[nH]c4ccccc34)C(=O)NC2=O)c2ccc(OC)cc21. The molecule has 7 nitrogen and oxygen atoms in total. The molecule has 2 aromatic carbocycles. The molecule has 180 valence electrons. The largest absolute Gasteiger partial charge is 0.497 e. The fourth-order valence-electron chi connectivity index (χ4n) is 5.03. The standard InChI is InChI=1S/C28H30N4O3/c1-4-31(5-2)13-8-14-32-17-22(20-12-11-18(35-3)15-24(20)32)26-25(27(33)30-28(26)34)21-16-29-23-10-7-6-9-19(21)23/h6-7,9-12,15-17,29H,4-5,8,13-14H2,1-3H3,(H,30,33,34). The molecular formula is C28H30N4O3. The van der Waals surface area contributed by atoms with Gasteiger partial charge in [0.05, 0.1) is 23.8 Å². The summed E-state index contributed by atoms with van der Waals surface area (Å²) in [7, 11) is 1.65. The van der Waals surface area contributed by atoms with Crippen molar-refractivity contribution >= 4 is 44.8 Å². The lowest BCUT2D eigenvalue weighted by molar-refractivity contribution is -0.122. The molecule has 4 aromatic rings. The van der Waals surface area contributed by atoms with Crippen molar-refractivity contribution in [3.63, 3.8) is 0 Å². The average molecular weight is 471 g/mol. The van der Waals surface area contributed by atoms with Crippen molar-refractivity contribution in [3.05, 3.63) is 66.0 Å². The Morgan fingerprint density at radius 1 is 0.943 bits per heavy atom. The number of methoxy groups -OCH3 is 1. The molecule has 0 bridgehead atoms. The minimum atomic E-state index is -0.370. The van der Waals surface area contributed by atoms with E-state index in [4.69, 9.17) is 4.74 Å². The monoisotopic (exact) mass is 470 g/mol. The summed E-state index contributed by atoms with van der Waals surface area (Å²) in [6.07, 6.45) is 4.79. The van der Waals surface area contributed by atoms with Gasteiger partial charge in [0.15, 0.2) is 0 Å².